The van der Waals surface area contributed by atoms with E-state index in [2.05, 4.69) is 56.6 Å². The van der Waals surface area contributed by atoms with Crippen LogP contribution in [0, 0.1) is 6.92 Å². The predicted octanol–water partition coefficient (Wildman–Crippen LogP) is 10.7. The highest BCUT2D eigenvalue weighted by molar-refractivity contribution is 6.37. The van der Waals surface area contributed by atoms with Crippen LogP contribution in [0.5, 0.6) is 0 Å². The third kappa shape index (κ3) is 8.64. The Hall–Kier alpha value is -3.20. The van der Waals surface area contributed by atoms with E-state index < -0.39 is 33.0 Å². The monoisotopic (exact) mass is 709 g/mol. The summed E-state index contributed by atoms with van der Waals surface area (Å²) in [6.07, 6.45) is 1.54. The van der Waals surface area contributed by atoms with E-state index in [9.17, 15) is 4.79 Å². The molecule has 0 fully saturated rings. The van der Waals surface area contributed by atoms with Gasteiger partial charge in [-0.05, 0) is 68.5 Å². The van der Waals surface area contributed by atoms with Crippen LogP contribution in [0.1, 0.15) is 76.4 Å². The number of amides is 1. The van der Waals surface area contributed by atoms with Gasteiger partial charge in [-0.1, -0.05) is 122 Å². The average molecular weight is 711 g/mol. The quantitative estimate of drug-likeness (QED) is 0.0931. The van der Waals surface area contributed by atoms with Gasteiger partial charge in [0.2, 0.25) is 0 Å². The van der Waals surface area contributed by atoms with Crippen LogP contribution in [0.25, 0.3) is 0 Å². The van der Waals surface area contributed by atoms with Gasteiger partial charge in [-0.15, -0.1) is 6.58 Å². The second-order valence-electron chi connectivity index (χ2n) is 13.6. The molecule has 0 radical (unpaired) electrons. The SMILES string of the molecule is C=CCC(c1c(Cl)nc(C)nc1N(C(=O)OC(C)(C)C)c1ccc(Cl)cc1Cl)C(O[SiH2]C(C)(C)C)(c1ccccc1)c1ccccc1. The zero-order chi connectivity index (χ0) is 34.6. The van der Waals surface area contributed by atoms with E-state index in [1.165, 1.54) is 4.90 Å². The van der Waals surface area contributed by atoms with Crippen LogP contribution in [0.15, 0.2) is 91.5 Å². The van der Waals surface area contributed by atoms with Crippen molar-refractivity contribution in [3.8, 4) is 0 Å². The average Bonchev–Trinajstić information content (AvgIpc) is 2.98. The number of carbonyl (C=O) groups excluding carboxylic acids is 1. The number of allylic oxidation sites excluding steroid dienone is 1. The third-order valence-electron chi connectivity index (χ3n) is 7.31. The molecule has 0 saturated heterocycles. The zero-order valence-electron chi connectivity index (χ0n) is 28.0. The van der Waals surface area contributed by atoms with Crippen molar-refractivity contribution in [1.82, 2.24) is 9.97 Å². The fraction of sp³-hybridized carbons (Fsp3) is 0.324. The lowest BCUT2D eigenvalue weighted by Gasteiger charge is -2.44. The second kappa shape index (κ2) is 14.9. The number of ether oxygens (including phenoxy) is 1. The summed E-state index contributed by atoms with van der Waals surface area (Å²) in [4.78, 5) is 25.2. The first-order valence-electron chi connectivity index (χ1n) is 15.5. The van der Waals surface area contributed by atoms with Crippen molar-refractivity contribution in [2.45, 2.75) is 77.0 Å². The first-order chi connectivity index (χ1) is 22.1. The Morgan fingerprint density at radius 1 is 0.915 bits per heavy atom. The van der Waals surface area contributed by atoms with E-state index in [4.69, 9.17) is 48.9 Å². The third-order valence-corrected chi connectivity index (χ3v) is 9.60. The van der Waals surface area contributed by atoms with Gasteiger partial charge in [0.25, 0.3) is 0 Å². The molecule has 3 aromatic carbocycles. The highest BCUT2D eigenvalue weighted by Crippen LogP contribution is 2.53. The molecule has 6 nitrogen and oxygen atoms in total. The molecule has 0 aliphatic rings. The summed E-state index contributed by atoms with van der Waals surface area (Å²) >= 11 is 20.3. The minimum atomic E-state index is -1.22. The van der Waals surface area contributed by atoms with Gasteiger partial charge >= 0.3 is 6.09 Å². The second-order valence-corrected chi connectivity index (χ2v) is 17.5. The van der Waals surface area contributed by atoms with Crippen molar-refractivity contribution >= 4 is 62.2 Å². The number of hydrogen-bond acceptors (Lipinski definition) is 5. The molecule has 0 aliphatic heterocycles. The number of aryl methyl sites for hydroxylation is 1. The smallest absolute Gasteiger partial charge is 0.420 e. The fourth-order valence-corrected chi connectivity index (χ4v) is 7.49. The Balaban J connectivity index is 2.16. The van der Waals surface area contributed by atoms with E-state index in [-0.39, 0.29) is 21.0 Å². The molecular weight excluding hydrogens is 669 g/mol. The summed E-state index contributed by atoms with van der Waals surface area (Å²) in [7, 11) is -1.22. The highest BCUT2D eigenvalue weighted by Gasteiger charge is 2.47. The van der Waals surface area contributed by atoms with Crippen molar-refractivity contribution in [2.24, 2.45) is 0 Å². The molecule has 4 rings (SSSR count). The molecule has 1 unspecified atom stereocenters. The van der Waals surface area contributed by atoms with Crippen molar-refractivity contribution in [1.29, 1.82) is 0 Å². The number of aromatic nitrogens is 2. The fourth-order valence-electron chi connectivity index (χ4n) is 5.46. The van der Waals surface area contributed by atoms with Gasteiger partial charge in [0.05, 0.1) is 10.7 Å². The molecule has 0 aliphatic carbocycles. The van der Waals surface area contributed by atoms with E-state index in [0.717, 1.165) is 11.1 Å². The number of halogens is 3. The molecule has 1 atom stereocenters. The standard InChI is InChI=1S/C37H42Cl3N3O3Si/c1-9-16-28(37(46-47-36(6,7)8,25-17-12-10-13-18-25)26-19-14-11-15-20-26)31-32(40)41-24(2)42-33(31)43(34(44)45-35(3,4)5)30-22-21-27(38)23-29(30)39/h9-15,17-23,28H,1,16,47H2,2-8H3. The number of benzene rings is 3. The van der Waals surface area contributed by atoms with Gasteiger partial charge < -0.3 is 9.16 Å². The van der Waals surface area contributed by atoms with E-state index >= 15 is 0 Å². The highest BCUT2D eigenvalue weighted by atomic mass is 35.5. The van der Waals surface area contributed by atoms with Crippen LogP contribution >= 0.6 is 34.8 Å². The van der Waals surface area contributed by atoms with Gasteiger partial charge in [0, 0.05) is 16.5 Å². The zero-order valence-corrected chi connectivity index (χ0v) is 31.7. The lowest BCUT2D eigenvalue weighted by atomic mass is 9.71. The Morgan fingerprint density at radius 2 is 1.49 bits per heavy atom. The summed E-state index contributed by atoms with van der Waals surface area (Å²) in [6.45, 7) is 17.8. The molecule has 1 amide bonds. The summed E-state index contributed by atoms with van der Waals surface area (Å²) in [5, 5.41) is 0.756. The largest absolute Gasteiger partial charge is 0.443 e. The topological polar surface area (TPSA) is 64.6 Å². The molecule has 0 spiro atoms. The van der Waals surface area contributed by atoms with Crippen LogP contribution in [0.3, 0.4) is 0 Å². The maximum absolute atomic E-state index is 14.3. The Kier molecular flexibility index (Phi) is 11.6. The van der Waals surface area contributed by atoms with E-state index in [1.54, 1.807) is 45.9 Å². The van der Waals surface area contributed by atoms with Crippen molar-refractivity contribution < 1.29 is 14.0 Å². The molecular formula is C37H42Cl3N3O3Si. The van der Waals surface area contributed by atoms with E-state index in [0.29, 0.717) is 28.5 Å². The minimum absolute atomic E-state index is 0.0661. The first kappa shape index (κ1) is 36.6. The van der Waals surface area contributed by atoms with Gasteiger partial charge in [-0.3, -0.25) is 0 Å². The van der Waals surface area contributed by atoms with Gasteiger partial charge in [-0.2, -0.15) is 0 Å². The van der Waals surface area contributed by atoms with Crippen molar-refractivity contribution in [3.63, 3.8) is 0 Å². The molecule has 47 heavy (non-hydrogen) atoms. The van der Waals surface area contributed by atoms with Gasteiger partial charge in [0.1, 0.15) is 22.2 Å². The number of anilines is 2. The number of carbonyl (C=O) groups is 1. The predicted molar refractivity (Wildman–Crippen MR) is 197 cm³/mol. The van der Waals surface area contributed by atoms with Gasteiger partial charge in [-0.25, -0.2) is 19.7 Å². The summed E-state index contributed by atoms with van der Waals surface area (Å²) in [5.41, 5.74) is 0.755. The molecule has 0 N–H and O–H groups in total. The van der Waals surface area contributed by atoms with Crippen molar-refractivity contribution in [3.05, 3.63) is 129 Å². The van der Waals surface area contributed by atoms with Crippen LogP contribution in [-0.2, 0) is 14.8 Å². The van der Waals surface area contributed by atoms with Crippen molar-refractivity contribution in [2.75, 3.05) is 4.90 Å². The Labute approximate surface area is 296 Å². The Bertz CT molecular complexity index is 1670. The normalized spacial score (nSPS) is 13.1. The lowest BCUT2D eigenvalue weighted by Crippen LogP contribution is -2.42. The van der Waals surface area contributed by atoms with Crippen LogP contribution in [0.2, 0.25) is 20.2 Å². The first-order valence-corrected chi connectivity index (χ1v) is 17.9. The number of nitrogens with zero attached hydrogens (tertiary/aromatic N) is 3. The van der Waals surface area contributed by atoms with Gasteiger partial charge in [0.15, 0.2) is 15.6 Å². The lowest BCUT2D eigenvalue weighted by molar-refractivity contribution is 0.0594. The molecule has 248 valence electrons. The maximum atomic E-state index is 14.3. The molecule has 10 heteroatoms. The van der Waals surface area contributed by atoms with Crippen LogP contribution in [-0.4, -0.2) is 31.4 Å². The number of rotatable bonds is 10. The summed E-state index contributed by atoms with van der Waals surface area (Å²) < 4.78 is 13.3. The summed E-state index contributed by atoms with van der Waals surface area (Å²) in [6, 6.07) is 25.1. The molecule has 1 aromatic heterocycles. The number of hydrogen-bond donors (Lipinski definition) is 0. The molecule has 0 bridgehead atoms. The molecule has 1 heterocycles. The van der Waals surface area contributed by atoms with Crippen LogP contribution in [0.4, 0.5) is 16.3 Å². The maximum Gasteiger partial charge on any atom is 0.420 e. The van der Waals surface area contributed by atoms with Crippen LogP contribution < -0.4 is 4.90 Å². The molecule has 4 aromatic rings. The minimum Gasteiger partial charge on any atom is -0.443 e. The van der Waals surface area contributed by atoms with E-state index in [1.807, 2.05) is 42.5 Å². The Morgan fingerprint density at radius 3 is 1.98 bits per heavy atom. The molecule has 0 saturated carbocycles. The summed E-state index contributed by atoms with van der Waals surface area (Å²) in [5.74, 6) is 0.0311.